The van der Waals surface area contributed by atoms with Crippen LogP contribution in [-0.2, 0) is 30.3 Å². The van der Waals surface area contributed by atoms with Crippen LogP contribution < -0.4 is 0 Å². The number of nitrogens with zero attached hydrogens (tertiary/aromatic N) is 1. The standard InChI is InChI=1S/C37H26NO.C13H24O2.Ir/c1-37(2,3)32-20-26(18-23-8-4-5-11-27(23)32)35-36-25(16-17-38-35)21-33(39-36)24-14-15-28-29-12-6-9-22-10-7-13-30(34(22)29)31(28)19-24;1-5-10(6-2)12(14)9-13(15)11(7-3)8-4;/h4-17,19-21H,1-3H3;9-11,14H,5-8H2,1-4H3;/q-1;;/b;12-9-;. The molecule has 0 spiro atoms. The molecule has 0 atom stereocenters. The summed E-state index contributed by atoms with van der Waals surface area (Å²) in [6.45, 7) is 14.8. The first-order valence-corrected chi connectivity index (χ1v) is 19.5. The Morgan fingerprint density at radius 3 is 2.11 bits per heavy atom. The molecule has 0 amide bonds. The van der Waals surface area contributed by atoms with Crippen LogP contribution in [0.25, 0.3) is 77.3 Å². The van der Waals surface area contributed by atoms with Gasteiger partial charge in [-0.15, -0.1) is 29.1 Å². The van der Waals surface area contributed by atoms with Gasteiger partial charge in [-0.1, -0.05) is 126 Å². The zero-order valence-electron chi connectivity index (χ0n) is 32.9. The van der Waals surface area contributed by atoms with Crippen molar-refractivity contribution in [3.8, 4) is 44.8 Å². The predicted molar refractivity (Wildman–Crippen MR) is 226 cm³/mol. The van der Waals surface area contributed by atoms with E-state index in [1.165, 1.54) is 50.1 Å². The number of hydrogen-bond acceptors (Lipinski definition) is 4. The van der Waals surface area contributed by atoms with Gasteiger partial charge in [0.15, 0.2) is 5.78 Å². The fraction of sp³-hybridized carbons (Fsp3) is 0.280. The van der Waals surface area contributed by atoms with Crippen molar-refractivity contribution in [2.24, 2.45) is 11.8 Å². The van der Waals surface area contributed by atoms with Crippen LogP contribution in [0.3, 0.4) is 0 Å². The van der Waals surface area contributed by atoms with Crippen LogP contribution >= 0.6 is 0 Å². The minimum Gasteiger partial charge on any atom is -0.512 e. The fourth-order valence-electron chi connectivity index (χ4n) is 8.00. The SMILES string of the molecule is CC(C)(C)c1cc(-c2nccc3cc(-c4ccc5c(c4)-c4cccc6cccc-5c46)oc23)[c-]c2ccccc12.CCC(CC)C(=O)/C=C(\O)C(CC)CC.[Ir]. The zero-order valence-corrected chi connectivity index (χ0v) is 35.3. The van der Waals surface area contributed by atoms with E-state index < -0.39 is 0 Å². The Morgan fingerprint density at radius 2 is 1.44 bits per heavy atom. The summed E-state index contributed by atoms with van der Waals surface area (Å²) in [6, 6.07) is 38.3. The van der Waals surface area contributed by atoms with Gasteiger partial charge in [0.1, 0.15) is 11.3 Å². The van der Waals surface area contributed by atoms with Crippen LogP contribution in [0.4, 0.5) is 0 Å². The largest absolute Gasteiger partial charge is 0.512 e. The number of pyridine rings is 1. The molecular formula is C50H50IrNO3-. The molecule has 5 aromatic carbocycles. The Bertz CT molecular complexity index is 2520. The van der Waals surface area contributed by atoms with Crippen molar-refractivity contribution in [2.45, 2.75) is 79.6 Å². The van der Waals surface area contributed by atoms with Crippen molar-refractivity contribution >= 4 is 38.3 Å². The van der Waals surface area contributed by atoms with Crippen LogP contribution in [0, 0.1) is 17.9 Å². The second-order valence-electron chi connectivity index (χ2n) is 15.5. The maximum atomic E-state index is 11.7. The normalized spacial score (nSPS) is 12.3. The Labute approximate surface area is 339 Å². The van der Waals surface area contributed by atoms with Gasteiger partial charge in [-0.3, -0.25) is 9.78 Å². The first-order chi connectivity index (χ1) is 26.1. The quantitative estimate of drug-likeness (QED) is 0.0890. The summed E-state index contributed by atoms with van der Waals surface area (Å²) in [5.41, 5.74) is 10.1. The maximum Gasteiger partial charge on any atom is 0.162 e. The predicted octanol–water partition coefficient (Wildman–Crippen LogP) is 14.1. The van der Waals surface area contributed by atoms with E-state index >= 15 is 0 Å². The molecule has 0 saturated carbocycles. The first kappa shape index (κ1) is 39.9. The first-order valence-electron chi connectivity index (χ1n) is 19.5. The molecule has 283 valence electrons. The van der Waals surface area contributed by atoms with Crippen molar-refractivity contribution in [2.75, 3.05) is 0 Å². The van der Waals surface area contributed by atoms with E-state index in [-0.39, 0.29) is 48.9 Å². The average molecular weight is 905 g/mol. The van der Waals surface area contributed by atoms with Gasteiger partial charge in [-0.25, -0.2) is 0 Å². The summed E-state index contributed by atoms with van der Waals surface area (Å²) in [6.07, 6.45) is 6.78. The summed E-state index contributed by atoms with van der Waals surface area (Å²) in [7, 11) is 0. The van der Waals surface area contributed by atoms with E-state index in [1.54, 1.807) is 0 Å². The van der Waals surface area contributed by atoms with E-state index in [2.05, 4.69) is 118 Å². The van der Waals surface area contributed by atoms with Gasteiger partial charge >= 0.3 is 0 Å². The number of rotatable bonds is 9. The molecule has 2 aromatic heterocycles. The molecular weight excluding hydrogens is 855 g/mol. The summed E-state index contributed by atoms with van der Waals surface area (Å²) < 4.78 is 6.60. The van der Waals surface area contributed by atoms with Crippen molar-refractivity contribution < 1.29 is 34.4 Å². The van der Waals surface area contributed by atoms with E-state index in [0.717, 1.165) is 64.6 Å². The van der Waals surface area contributed by atoms with Gasteiger partial charge in [0.2, 0.25) is 0 Å². The number of aliphatic hydroxyl groups excluding tert-OH is 1. The van der Waals surface area contributed by atoms with E-state index in [4.69, 9.17) is 9.40 Å². The topological polar surface area (TPSA) is 63.3 Å². The van der Waals surface area contributed by atoms with Gasteiger partial charge in [0, 0.05) is 60.9 Å². The smallest absolute Gasteiger partial charge is 0.162 e. The van der Waals surface area contributed by atoms with E-state index in [1.807, 2.05) is 40.0 Å². The van der Waals surface area contributed by atoms with Gasteiger partial charge in [-0.2, -0.15) is 0 Å². The van der Waals surface area contributed by atoms with Crippen LogP contribution in [0.5, 0.6) is 0 Å². The number of hydrogen-bond donors (Lipinski definition) is 1. The Hall–Kier alpha value is -4.83. The molecule has 0 aliphatic heterocycles. The minimum atomic E-state index is -0.0173. The van der Waals surface area contributed by atoms with Gasteiger partial charge in [-0.05, 0) is 82.3 Å². The molecule has 0 saturated heterocycles. The number of furan rings is 1. The molecule has 0 unspecified atom stereocenters. The molecule has 4 nitrogen and oxygen atoms in total. The third kappa shape index (κ3) is 7.70. The Balaban J connectivity index is 0.000000276. The fourth-order valence-corrected chi connectivity index (χ4v) is 8.00. The van der Waals surface area contributed by atoms with Gasteiger partial charge in [0.05, 0.1) is 5.76 Å². The molecule has 1 aliphatic rings. The number of ketones is 1. The minimum absolute atomic E-state index is 0. The number of benzene rings is 5. The van der Waals surface area contributed by atoms with Gasteiger partial charge < -0.3 is 9.52 Å². The van der Waals surface area contributed by atoms with E-state index in [9.17, 15) is 9.90 Å². The number of carbonyl (C=O) groups is 1. The maximum absolute atomic E-state index is 11.7. The molecule has 55 heavy (non-hydrogen) atoms. The second kappa shape index (κ2) is 16.5. The summed E-state index contributed by atoms with van der Waals surface area (Å²) >= 11 is 0. The second-order valence-corrected chi connectivity index (χ2v) is 15.5. The third-order valence-electron chi connectivity index (χ3n) is 11.1. The monoisotopic (exact) mass is 905 g/mol. The summed E-state index contributed by atoms with van der Waals surface area (Å²) in [5.74, 6) is 1.40. The number of fused-ring (bicyclic) bond motifs is 5. The Morgan fingerprint density at radius 1 is 0.764 bits per heavy atom. The molecule has 1 aliphatic carbocycles. The molecule has 1 radical (unpaired) electrons. The van der Waals surface area contributed by atoms with Crippen LogP contribution in [0.15, 0.2) is 120 Å². The number of aromatic nitrogens is 1. The molecule has 2 heterocycles. The van der Waals surface area contributed by atoms with Crippen molar-refractivity contribution in [1.29, 1.82) is 0 Å². The number of aliphatic hydroxyl groups is 1. The van der Waals surface area contributed by atoms with Crippen molar-refractivity contribution in [3.63, 3.8) is 0 Å². The Kier molecular flexibility index (Phi) is 12.0. The average Bonchev–Trinajstić information content (AvgIpc) is 3.76. The van der Waals surface area contributed by atoms with E-state index in [0.29, 0.717) is 0 Å². The van der Waals surface area contributed by atoms with Crippen LogP contribution in [0.2, 0.25) is 0 Å². The van der Waals surface area contributed by atoms with Crippen molar-refractivity contribution in [1.82, 2.24) is 4.98 Å². The molecule has 7 aromatic rings. The number of allylic oxidation sites excluding steroid dienone is 2. The third-order valence-corrected chi connectivity index (χ3v) is 11.1. The molecule has 1 N–H and O–H groups in total. The summed E-state index contributed by atoms with van der Waals surface area (Å²) in [5, 5.41) is 15.7. The zero-order chi connectivity index (χ0) is 38.1. The van der Waals surface area contributed by atoms with Crippen molar-refractivity contribution in [3.05, 3.63) is 127 Å². The van der Waals surface area contributed by atoms with Gasteiger partial charge in [0.25, 0.3) is 0 Å². The molecule has 0 bridgehead atoms. The molecule has 0 fully saturated rings. The summed E-state index contributed by atoms with van der Waals surface area (Å²) in [4.78, 5) is 16.5. The van der Waals surface area contributed by atoms with Crippen LogP contribution in [0.1, 0.15) is 79.7 Å². The molecule has 5 heteroatoms. The van der Waals surface area contributed by atoms with Crippen LogP contribution in [-0.4, -0.2) is 15.9 Å². The number of carbonyl (C=O) groups excluding carboxylic acids is 1. The molecule has 8 rings (SSSR count).